The van der Waals surface area contributed by atoms with E-state index in [2.05, 4.69) is 22.5 Å². The molecule has 0 aliphatic heterocycles. The van der Waals surface area contributed by atoms with Crippen molar-refractivity contribution in [3.05, 3.63) is 59.7 Å². The molecular formula is C32H50N4O4. The van der Waals surface area contributed by atoms with Crippen LogP contribution in [0.25, 0.3) is 0 Å². The van der Waals surface area contributed by atoms with Gasteiger partial charge in [0.05, 0.1) is 24.8 Å². The van der Waals surface area contributed by atoms with Crippen LogP contribution in [0.2, 0.25) is 0 Å². The second kappa shape index (κ2) is 17.1. The molecule has 0 radical (unpaired) electrons. The highest BCUT2D eigenvalue weighted by Crippen LogP contribution is 2.31. The smallest absolute Gasteiger partial charge is 0.183 e. The largest absolute Gasteiger partial charge is 0.395 e. The minimum Gasteiger partial charge on any atom is -0.395 e. The molecule has 2 atom stereocenters. The molecule has 222 valence electrons. The van der Waals surface area contributed by atoms with E-state index < -0.39 is 5.54 Å². The van der Waals surface area contributed by atoms with Gasteiger partial charge in [-0.05, 0) is 96.0 Å². The summed E-state index contributed by atoms with van der Waals surface area (Å²) in [5.41, 5.74) is 2.58. The van der Waals surface area contributed by atoms with Gasteiger partial charge in [-0.15, -0.1) is 0 Å². The van der Waals surface area contributed by atoms with E-state index in [0.717, 1.165) is 56.3 Å². The number of aliphatic hydroxyl groups is 2. The molecule has 0 fully saturated rings. The lowest BCUT2D eigenvalue weighted by Gasteiger charge is -2.39. The molecule has 0 aliphatic carbocycles. The Labute approximate surface area is 240 Å². The van der Waals surface area contributed by atoms with Crippen molar-refractivity contribution >= 4 is 22.9 Å². The Morgan fingerprint density at radius 3 is 1.75 bits per heavy atom. The summed E-state index contributed by atoms with van der Waals surface area (Å²) < 4.78 is 0. The van der Waals surface area contributed by atoms with E-state index in [0.29, 0.717) is 24.2 Å². The molecule has 2 rings (SSSR count). The van der Waals surface area contributed by atoms with E-state index in [-0.39, 0.29) is 30.8 Å². The Kier molecular flexibility index (Phi) is 14.3. The van der Waals surface area contributed by atoms with Gasteiger partial charge < -0.3 is 20.8 Å². The zero-order chi connectivity index (χ0) is 29.5. The number of hydrogen-bond acceptors (Lipinski definition) is 8. The van der Waals surface area contributed by atoms with E-state index in [1.54, 1.807) is 0 Å². The fourth-order valence-electron chi connectivity index (χ4n) is 5.32. The van der Waals surface area contributed by atoms with Crippen LogP contribution in [0.1, 0.15) is 72.6 Å². The Hall–Kier alpha value is -2.78. The van der Waals surface area contributed by atoms with Crippen LogP contribution in [0.15, 0.2) is 48.5 Å². The van der Waals surface area contributed by atoms with E-state index in [4.69, 9.17) is 10.2 Å². The summed E-state index contributed by atoms with van der Waals surface area (Å²) in [6.45, 7) is 3.18. The summed E-state index contributed by atoms with van der Waals surface area (Å²) in [7, 11) is 7.88. The van der Waals surface area contributed by atoms with E-state index in [1.165, 1.54) is 0 Å². The molecule has 0 heterocycles. The fourth-order valence-corrected chi connectivity index (χ4v) is 5.32. The van der Waals surface area contributed by atoms with E-state index in [9.17, 15) is 9.59 Å². The average Bonchev–Trinajstić information content (AvgIpc) is 2.95. The molecule has 8 heteroatoms. The number of carbonyl (C=O) groups is 2. The summed E-state index contributed by atoms with van der Waals surface area (Å²) in [5.74, 6) is 0.255. The normalized spacial score (nSPS) is 13.7. The van der Waals surface area contributed by atoms with Gasteiger partial charge in [0.2, 0.25) is 0 Å². The van der Waals surface area contributed by atoms with Gasteiger partial charge in [0.25, 0.3) is 0 Å². The average molecular weight is 555 g/mol. The first-order chi connectivity index (χ1) is 19.2. The summed E-state index contributed by atoms with van der Waals surface area (Å²) in [6.07, 6.45) is 5.96. The van der Waals surface area contributed by atoms with Gasteiger partial charge in [0.15, 0.2) is 11.6 Å². The zero-order valence-electron chi connectivity index (χ0n) is 25.1. The Morgan fingerprint density at radius 2 is 1.30 bits per heavy atom. The maximum atomic E-state index is 13.8. The lowest BCUT2D eigenvalue weighted by atomic mass is 9.79. The lowest BCUT2D eigenvalue weighted by Crippen LogP contribution is -2.51. The quantitative estimate of drug-likeness (QED) is 0.140. The first-order valence-corrected chi connectivity index (χ1v) is 14.5. The summed E-state index contributed by atoms with van der Waals surface area (Å²) in [5, 5.41) is 24.3. The second-order valence-corrected chi connectivity index (χ2v) is 10.9. The summed E-state index contributed by atoms with van der Waals surface area (Å²) in [4.78, 5) is 31.2. The molecule has 2 aromatic rings. The molecular weight excluding hydrogens is 504 g/mol. The molecule has 2 unspecified atom stereocenters. The standard InChI is InChI=1S/C32H50N4O4/c1-6-19-32(36(4)5,31(40)26-13-17-28(18-14-26)34-22-24-38)20-9-7-8-10-29(35(2)3)30(39)25-11-15-27(16-12-25)33-21-23-37/h11-18,29,33-34,37-38H,6-10,19-24H2,1-5H3. The summed E-state index contributed by atoms with van der Waals surface area (Å²) in [6, 6.07) is 14.8. The van der Waals surface area contributed by atoms with E-state index >= 15 is 0 Å². The number of rotatable bonds is 20. The maximum absolute atomic E-state index is 13.8. The minimum atomic E-state index is -0.572. The van der Waals surface area contributed by atoms with Crippen molar-refractivity contribution < 1.29 is 19.8 Å². The number of Topliss-reactive ketones (excluding diaryl/α,β-unsaturated/α-hetero) is 2. The van der Waals surface area contributed by atoms with Crippen molar-refractivity contribution in [2.45, 2.75) is 63.5 Å². The topological polar surface area (TPSA) is 105 Å². The molecule has 0 aromatic heterocycles. The van der Waals surface area contributed by atoms with Crippen molar-refractivity contribution in [2.75, 3.05) is 65.1 Å². The highest BCUT2D eigenvalue weighted by atomic mass is 16.3. The molecule has 4 N–H and O–H groups in total. The third-order valence-corrected chi connectivity index (χ3v) is 7.63. The molecule has 0 amide bonds. The number of unbranched alkanes of at least 4 members (excludes halogenated alkanes) is 2. The highest BCUT2D eigenvalue weighted by Gasteiger charge is 2.39. The highest BCUT2D eigenvalue weighted by molar-refractivity contribution is 6.03. The van der Waals surface area contributed by atoms with Crippen molar-refractivity contribution in [3.8, 4) is 0 Å². The molecule has 0 saturated heterocycles. The van der Waals surface area contributed by atoms with Gasteiger partial charge >= 0.3 is 0 Å². The molecule has 40 heavy (non-hydrogen) atoms. The first-order valence-electron chi connectivity index (χ1n) is 14.5. The van der Waals surface area contributed by atoms with Crippen LogP contribution < -0.4 is 10.6 Å². The van der Waals surface area contributed by atoms with Gasteiger partial charge in [-0.2, -0.15) is 0 Å². The third kappa shape index (κ3) is 9.41. The predicted octanol–water partition coefficient (Wildman–Crippen LogP) is 4.54. The molecule has 0 spiro atoms. The number of hydrogen-bond donors (Lipinski definition) is 4. The van der Waals surface area contributed by atoms with Gasteiger partial charge in [-0.25, -0.2) is 0 Å². The Bertz CT molecular complexity index is 1020. The molecule has 0 aliphatic rings. The van der Waals surface area contributed by atoms with Crippen LogP contribution in [0.3, 0.4) is 0 Å². The number of carbonyl (C=O) groups excluding carboxylic acids is 2. The van der Waals surface area contributed by atoms with Crippen molar-refractivity contribution in [2.24, 2.45) is 0 Å². The number of likely N-dealkylation sites (N-methyl/N-ethyl adjacent to an activating group) is 2. The number of aliphatic hydroxyl groups excluding tert-OH is 2. The third-order valence-electron chi connectivity index (χ3n) is 7.63. The first kappa shape index (κ1) is 33.4. The van der Waals surface area contributed by atoms with Crippen molar-refractivity contribution in [3.63, 3.8) is 0 Å². The Balaban J connectivity index is 2.01. The van der Waals surface area contributed by atoms with Gasteiger partial charge in [-0.1, -0.05) is 32.6 Å². The monoisotopic (exact) mass is 554 g/mol. The molecule has 2 aromatic carbocycles. The van der Waals surface area contributed by atoms with Crippen LogP contribution >= 0.6 is 0 Å². The van der Waals surface area contributed by atoms with Crippen LogP contribution in [-0.2, 0) is 0 Å². The number of nitrogens with zero attached hydrogens (tertiary/aromatic N) is 2. The number of benzene rings is 2. The zero-order valence-corrected chi connectivity index (χ0v) is 25.1. The molecule has 0 saturated carbocycles. The summed E-state index contributed by atoms with van der Waals surface area (Å²) >= 11 is 0. The van der Waals surface area contributed by atoms with Crippen LogP contribution in [-0.4, -0.2) is 97.7 Å². The lowest BCUT2D eigenvalue weighted by molar-refractivity contribution is 0.0617. The predicted molar refractivity (Wildman–Crippen MR) is 165 cm³/mol. The number of anilines is 2. The van der Waals surface area contributed by atoms with Crippen molar-refractivity contribution in [1.82, 2.24) is 9.80 Å². The molecule has 8 nitrogen and oxygen atoms in total. The molecule has 0 bridgehead atoms. The minimum absolute atomic E-state index is 0.0569. The maximum Gasteiger partial charge on any atom is 0.183 e. The van der Waals surface area contributed by atoms with Gasteiger partial charge in [0, 0.05) is 35.6 Å². The van der Waals surface area contributed by atoms with Crippen LogP contribution in [0, 0.1) is 0 Å². The van der Waals surface area contributed by atoms with Crippen LogP contribution in [0.4, 0.5) is 11.4 Å². The van der Waals surface area contributed by atoms with Gasteiger partial charge in [0.1, 0.15) is 0 Å². The number of nitrogens with one attached hydrogen (secondary N) is 2. The van der Waals surface area contributed by atoms with Gasteiger partial charge in [-0.3, -0.25) is 19.4 Å². The Morgan fingerprint density at radius 1 is 0.775 bits per heavy atom. The second-order valence-electron chi connectivity index (χ2n) is 10.9. The number of ketones is 2. The van der Waals surface area contributed by atoms with E-state index in [1.807, 2.05) is 81.6 Å². The van der Waals surface area contributed by atoms with Crippen molar-refractivity contribution in [1.29, 1.82) is 0 Å². The fraction of sp³-hybridized carbons (Fsp3) is 0.562. The van der Waals surface area contributed by atoms with Crippen LogP contribution in [0.5, 0.6) is 0 Å². The SMILES string of the molecule is CCCC(CCCCCC(C(=O)c1ccc(NCCO)cc1)N(C)C)(C(=O)c1ccc(NCCO)cc1)N(C)C.